The molecule has 0 spiro atoms. The molecule has 2 rings (SSSR count). The van der Waals surface area contributed by atoms with Crippen molar-refractivity contribution >= 4 is 5.69 Å². The number of anilines is 1. The molecule has 0 saturated heterocycles. The number of nitrogens with two attached hydrogens (primary N) is 1. The van der Waals surface area contributed by atoms with E-state index in [1.807, 2.05) is 10.8 Å². The zero-order chi connectivity index (χ0) is 11.7. The normalized spacial score (nSPS) is 11.0. The van der Waals surface area contributed by atoms with Gasteiger partial charge in [-0.2, -0.15) is 0 Å². The molecule has 0 aliphatic rings. The van der Waals surface area contributed by atoms with Crippen LogP contribution in [0.25, 0.3) is 5.69 Å². The Bertz CT molecular complexity index is 503. The van der Waals surface area contributed by atoms with Gasteiger partial charge in [0.25, 0.3) is 0 Å². The van der Waals surface area contributed by atoms with E-state index < -0.39 is 0 Å². The third-order valence-electron chi connectivity index (χ3n) is 2.43. The van der Waals surface area contributed by atoms with Crippen molar-refractivity contribution in [1.82, 2.24) is 9.55 Å². The maximum Gasteiger partial charge on any atom is 0.125 e. The second kappa shape index (κ2) is 3.96. The molecule has 1 aromatic heterocycles. The molecule has 0 atom stereocenters. The molecule has 0 radical (unpaired) electrons. The smallest absolute Gasteiger partial charge is 0.125 e. The van der Waals surface area contributed by atoms with Crippen LogP contribution in [0, 0.1) is 5.82 Å². The average Bonchev–Trinajstić information content (AvgIpc) is 2.66. The number of hydrogen-bond acceptors (Lipinski definition) is 2. The molecule has 0 unspecified atom stereocenters. The van der Waals surface area contributed by atoms with Gasteiger partial charge in [0.2, 0.25) is 0 Å². The lowest BCUT2D eigenvalue weighted by molar-refractivity contribution is 0.628. The predicted octanol–water partition coefficient (Wildman–Crippen LogP) is 2.72. The Balaban J connectivity index is 2.54. The lowest BCUT2D eigenvalue weighted by Crippen LogP contribution is -2.05. The van der Waals surface area contributed by atoms with Crippen LogP contribution in [0.4, 0.5) is 10.1 Å². The minimum absolute atomic E-state index is 0.291. The number of benzene rings is 1. The van der Waals surface area contributed by atoms with Crippen molar-refractivity contribution in [3.05, 3.63) is 42.2 Å². The first-order valence-corrected chi connectivity index (χ1v) is 5.18. The Hall–Kier alpha value is -1.84. The van der Waals surface area contributed by atoms with E-state index in [1.165, 1.54) is 12.1 Å². The van der Waals surface area contributed by atoms with Crippen LogP contribution in [0.1, 0.15) is 25.6 Å². The van der Waals surface area contributed by atoms with E-state index in [2.05, 4.69) is 18.8 Å². The van der Waals surface area contributed by atoms with Gasteiger partial charge in [-0.1, -0.05) is 13.8 Å². The number of hydrogen-bond donors (Lipinski definition) is 1. The Kier molecular flexibility index (Phi) is 2.64. The van der Waals surface area contributed by atoms with E-state index >= 15 is 0 Å². The monoisotopic (exact) mass is 219 g/mol. The van der Waals surface area contributed by atoms with E-state index in [0.717, 1.165) is 11.5 Å². The van der Waals surface area contributed by atoms with Gasteiger partial charge in [0, 0.05) is 18.3 Å². The lowest BCUT2D eigenvalue weighted by Gasteiger charge is -2.12. The van der Waals surface area contributed by atoms with Gasteiger partial charge >= 0.3 is 0 Å². The highest BCUT2D eigenvalue weighted by atomic mass is 19.1. The summed E-state index contributed by atoms with van der Waals surface area (Å²) in [5, 5.41) is 0. The maximum absolute atomic E-state index is 12.9. The van der Waals surface area contributed by atoms with Gasteiger partial charge in [0.15, 0.2) is 0 Å². The number of nitrogen functional groups attached to an aromatic ring is 1. The van der Waals surface area contributed by atoms with E-state index in [0.29, 0.717) is 11.6 Å². The Morgan fingerprint density at radius 3 is 2.75 bits per heavy atom. The van der Waals surface area contributed by atoms with E-state index in [4.69, 9.17) is 5.73 Å². The summed E-state index contributed by atoms with van der Waals surface area (Å²) in [4.78, 5) is 4.27. The Morgan fingerprint density at radius 1 is 1.38 bits per heavy atom. The first-order valence-electron chi connectivity index (χ1n) is 5.18. The molecule has 84 valence electrons. The maximum atomic E-state index is 12.9. The topological polar surface area (TPSA) is 43.8 Å². The Morgan fingerprint density at radius 2 is 2.12 bits per heavy atom. The standard InChI is InChI=1S/C12H14FN3/c1-8(2)12-15-5-6-16(12)11-4-3-9(13)7-10(11)14/h3-8H,14H2,1-2H3. The second-order valence-electron chi connectivity index (χ2n) is 4.01. The van der Waals surface area contributed by atoms with Gasteiger partial charge in [-0.25, -0.2) is 9.37 Å². The van der Waals surface area contributed by atoms with Crippen molar-refractivity contribution in [1.29, 1.82) is 0 Å². The third kappa shape index (κ3) is 1.78. The molecule has 1 heterocycles. The highest BCUT2D eigenvalue weighted by molar-refractivity contribution is 5.58. The van der Waals surface area contributed by atoms with Crippen LogP contribution in [0.3, 0.4) is 0 Å². The Labute approximate surface area is 93.7 Å². The lowest BCUT2D eigenvalue weighted by atomic mass is 10.2. The molecule has 0 amide bonds. The third-order valence-corrected chi connectivity index (χ3v) is 2.43. The second-order valence-corrected chi connectivity index (χ2v) is 4.01. The summed E-state index contributed by atoms with van der Waals surface area (Å²) in [5.41, 5.74) is 6.98. The van der Waals surface area contributed by atoms with Crippen molar-refractivity contribution < 1.29 is 4.39 Å². The van der Waals surface area contributed by atoms with Gasteiger partial charge in [-0.15, -0.1) is 0 Å². The minimum Gasteiger partial charge on any atom is -0.397 e. The SMILES string of the molecule is CC(C)c1nccn1-c1ccc(F)cc1N. The molecule has 0 saturated carbocycles. The van der Waals surface area contributed by atoms with Crippen LogP contribution < -0.4 is 5.73 Å². The van der Waals surface area contributed by atoms with Crippen molar-refractivity contribution in [2.45, 2.75) is 19.8 Å². The van der Waals surface area contributed by atoms with Gasteiger partial charge in [0.1, 0.15) is 11.6 Å². The zero-order valence-corrected chi connectivity index (χ0v) is 9.31. The summed E-state index contributed by atoms with van der Waals surface area (Å²) in [6.45, 7) is 4.11. The fourth-order valence-electron chi connectivity index (χ4n) is 1.69. The van der Waals surface area contributed by atoms with Crippen LogP contribution in [0.15, 0.2) is 30.6 Å². The first-order chi connectivity index (χ1) is 7.59. The molecule has 0 bridgehead atoms. The molecule has 2 N–H and O–H groups in total. The van der Waals surface area contributed by atoms with Gasteiger partial charge in [-0.3, -0.25) is 0 Å². The molecule has 0 aliphatic carbocycles. The summed E-state index contributed by atoms with van der Waals surface area (Å²) in [6, 6.07) is 4.38. The highest BCUT2D eigenvalue weighted by Gasteiger charge is 2.11. The number of aromatic nitrogens is 2. The summed E-state index contributed by atoms with van der Waals surface area (Å²) in [7, 11) is 0. The number of nitrogens with zero attached hydrogens (tertiary/aromatic N) is 2. The largest absolute Gasteiger partial charge is 0.397 e. The molecule has 4 heteroatoms. The van der Waals surface area contributed by atoms with Crippen LogP contribution in [0.5, 0.6) is 0 Å². The fraction of sp³-hybridized carbons (Fsp3) is 0.250. The summed E-state index contributed by atoms with van der Waals surface area (Å²) in [6.07, 6.45) is 3.55. The summed E-state index contributed by atoms with van der Waals surface area (Å²) >= 11 is 0. The molecule has 0 fully saturated rings. The molecule has 2 aromatic rings. The van der Waals surface area contributed by atoms with Crippen molar-refractivity contribution in [3.63, 3.8) is 0 Å². The zero-order valence-electron chi connectivity index (χ0n) is 9.31. The van der Waals surface area contributed by atoms with Crippen LogP contribution in [-0.4, -0.2) is 9.55 Å². The molecular weight excluding hydrogens is 205 g/mol. The van der Waals surface area contributed by atoms with Crippen LogP contribution in [0.2, 0.25) is 0 Å². The summed E-state index contributed by atoms with van der Waals surface area (Å²) < 4.78 is 14.8. The van der Waals surface area contributed by atoms with Crippen LogP contribution in [-0.2, 0) is 0 Å². The number of halogens is 1. The summed E-state index contributed by atoms with van der Waals surface area (Å²) in [5.74, 6) is 0.880. The van der Waals surface area contributed by atoms with E-state index in [-0.39, 0.29) is 5.82 Å². The highest BCUT2D eigenvalue weighted by Crippen LogP contribution is 2.22. The predicted molar refractivity (Wildman–Crippen MR) is 62.0 cm³/mol. The van der Waals surface area contributed by atoms with E-state index in [1.54, 1.807) is 12.3 Å². The minimum atomic E-state index is -0.326. The van der Waals surface area contributed by atoms with Gasteiger partial charge in [-0.05, 0) is 18.2 Å². The van der Waals surface area contributed by atoms with E-state index in [9.17, 15) is 4.39 Å². The fourth-order valence-corrected chi connectivity index (χ4v) is 1.69. The van der Waals surface area contributed by atoms with Crippen molar-refractivity contribution in [2.24, 2.45) is 0 Å². The van der Waals surface area contributed by atoms with Crippen molar-refractivity contribution in [2.75, 3.05) is 5.73 Å². The molecule has 16 heavy (non-hydrogen) atoms. The quantitative estimate of drug-likeness (QED) is 0.789. The molecule has 3 nitrogen and oxygen atoms in total. The number of imidazole rings is 1. The molecule has 1 aromatic carbocycles. The number of rotatable bonds is 2. The van der Waals surface area contributed by atoms with Gasteiger partial charge in [0.05, 0.1) is 11.4 Å². The molecule has 0 aliphatic heterocycles. The first kappa shape index (κ1) is 10.7. The average molecular weight is 219 g/mol. The van der Waals surface area contributed by atoms with Crippen molar-refractivity contribution in [3.8, 4) is 5.69 Å². The molecular formula is C12H14FN3. The van der Waals surface area contributed by atoms with Gasteiger partial charge < -0.3 is 10.3 Å². The van der Waals surface area contributed by atoms with Crippen LogP contribution >= 0.6 is 0 Å².